The van der Waals surface area contributed by atoms with Crippen LogP contribution >= 0.6 is 0 Å². The molecule has 9 heteroatoms. The average molecular weight is 410 g/mol. The Morgan fingerprint density at radius 1 is 1.07 bits per heavy atom. The molecule has 0 saturated carbocycles. The number of aromatic nitrogens is 3. The second-order valence-corrected chi connectivity index (χ2v) is 7.26. The topological polar surface area (TPSA) is 92.1 Å². The minimum Gasteiger partial charge on any atom is -0.339 e. The molecule has 4 rings (SSSR count). The van der Waals surface area contributed by atoms with Crippen LogP contribution in [0.25, 0.3) is 11.0 Å². The van der Waals surface area contributed by atoms with Gasteiger partial charge < -0.3 is 15.5 Å². The highest BCUT2D eigenvalue weighted by atomic mass is 19.1. The Labute approximate surface area is 173 Å². The normalized spacial score (nSPS) is 14.0. The first-order valence-corrected chi connectivity index (χ1v) is 10.0. The maximum Gasteiger partial charge on any atom is 0.319 e. The zero-order valence-electron chi connectivity index (χ0n) is 16.5. The molecule has 3 aromatic rings. The lowest BCUT2D eigenvalue weighted by molar-refractivity contribution is 0.0724. The summed E-state index contributed by atoms with van der Waals surface area (Å²) in [6, 6.07) is 10.6. The first-order valence-electron chi connectivity index (χ1n) is 10.0. The molecule has 0 atom stereocenters. The van der Waals surface area contributed by atoms with Gasteiger partial charge in [-0.2, -0.15) is 0 Å². The number of anilines is 1. The maximum absolute atomic E-state index is 13.2. The molecule has 2 heterocycles. The van der Waals surface area contributed by atoms with E-state index >= 15 is 0 Å². The number of carbonyl (C=O) groups is 2. The first kappa shape index (κ1) is 19.8. The van der Waals surface area contributed by atoms with E-state index in [1.807, 2.05) is 11.0 Å². The van der Waals surface area contributed by atoms with Gasteiger partial charge in [0, 0.05) is 30.9 Å². The fraction of sp³-hybridized carbons (Fsp3) is 0.333. The molecule has 8 nitrogen and oxygen atoms in total. The van der Waals surface area contributed by atoms with Gasteiger partial charge in [-0.05, 0) is 55.7 Å². The van der Waals surface area contributed by atoms with E-state index in [1.165, 1.54) is 24.6 Å². The summed E-state index contributed by atoms with van der Waals surface area (Å²) in [5.41, 5.74) is 2.42. The number of nitrogens with zero attached hydrogens (tertiary/aromatic N) is 4. The van der Waals surface area contributed by atoms with Crippen LogP contribution in [0.1, 0.15) is 29.6 Å². The highest BCUT2D eigenvalue weighted by Crippen LogP contribution is 2.17. The van der Waals surface area contributed by atoms with E-state index in [-0.39, 0.29) is 5.91 Å². The molecular weight excluding hydrogens is 387 g/mol. The third kappa shape index (κ3) is 4.56. The van der Waals surface area contributed by atoms with E-state index in [9.17, 15) is 14.0 Å². The van der Waals surface area contributed by atoms with Crippen LogP contribution in [0.4, 0.5) is 14.9 Å². The number of piperidine rings is 1. The Balaban J connectivity index is 1.34. The second-order valence-electron chi connectivity index (χ2n) is 7.26. The average Bonchev–Trinajstić information content (AvgIpc) is 3.16. The van der Waals surface area contributed by atoms with Crippen molar-refractivity contribution in [2.45, 2.75) is 25.8 Å². The Morgan fingerprint density at radius 3 is 2.70 bits per heavy atom. The number of nitrogens with one attached hydrogen (secondary N) is 2. The number of carbonyl (C=O) groups excluding carboxylic acids is 2. The van der Waals surface area contributed by atoms with Crippen molar-refractivity contribution in [2.75, 3.05) is 25.0 Å². The molecule has 30 heavy (non-hydrogen) atoms. The van der Waals surface area contributed by atoms with E-state index in [0.29, 0.717) is 29.9 Å². The molecule has 0 radical (unpaired) electrons. The van der Waals surface area contributed by atoms with Crippen LogP contribution in [0.2, 0.25) is 0 Å². The Hall–Kier alpha value is -3.49. The minimum absolute atomic E-state index is 0.0295. The van der Waals surface area contributed by atoms with Crippen molar-refractivity contribution in [2.24, 2.45) is 0 Å². The van der Waals surface area contributed by atoms with Gasteiger partial charge in [-0.15, -0.1) is 5.10 Å². The number of likely N-dealkylation sites (tertiary alicyclic amines) is 1. The van der Waals surface area contributed by atoms with Crippen molar-refractivity contribution in [3.8, 4) is 0 Å². The monoisotopic (exact) mass is 410 g/mol. The summed E-state index contributed by atoms with van der Waals surface area (Å²) >= 11 is 0. The Bertz CT molecular complexity index is 1060. The Kier molecular flexibility index (Phi) is 5.87. The van der Waals surface area contributed by atoms with Gasteiger partial charge in [-0.25, -0.2) is 13.9 Å². The lowest BCUT2D eigenvalue weighted by atomic mass is 10.1. The van der Waals surface area contributed by atoms with E-state index in [2.05, 4.69) is 20.9 Å². The van der Waals surface area contributed by atoms with Crippen LogP contribution < -0.4 is 10.6 Å². The number of rotatable bonds is 5. The molecule has 1 aliphatic rings. The van der Waals surface area contributed by atoms with Gasteiger partial charge in [0.1, 0.15) is 11.3 Å². The zero-order chi connectivity index (χ0) is 20.9. The van der Waals surface area contributed by atoms with E-state index < -0.39 is 11.8 Å². The molecule has 3 amide bonds. The summed E-state index contributed by atoms with van der Waals surface area (Å²) in [5.74, 6) is -0.387. The second kappa shape index (κ2) is 8.89. The van der Waals surface area contributed by atoms with Gasteiger partial charge in [0.25, 0.3) is 5.91 Å². The number of hydrogen-bond acceptors (Lipinski definition) is 4. The molecule has 2 N–H and O–H groups in total. The lowest BCUT2D eigenvalue weighted by Crippen LogP contribution is -2.35. The third-order valence-electron chi connectivity index (χ3n) is 5.10. The highest BCUT2D eigenvalue weighted by molar-refractivity contribution is 5.97. The fourth-order valence-corrected chi connectivity index (χ4v) is 3.57. The number of fused-ring (bicyclic) bond motifs is 1. The van der Waals surface area contributed by atoms with Crippen LogP contribution in [0.15, 0.2) is 42.5 Å². The molecule has 156 valence electrons. The van der Waals surface area contributed by atoms with Crippen LogP contribution in [0.5, 0.6) is 0 Å². The molecule has 0 aliphatic carbocycles. The highest BCUT2D eigenvalue weighted by Gasteiger charge is 2.19. The largest absolute Gasteiger partial charge is 0.339 e. The number of urea groups is 1. The van der Waals surface area contributed by atoms with Crippen molar-refractivity contribution in [1.29, 1.82) is 0 Å². The summed E-state index contributed by atoms with van der Waals surface area (Å²) in [6.07, 6.45) is 3.26. The van der Waals surface area contributed by atoms with Crippen LogP contribution in [0, 0.1) is 5.82 Å². The predicted molar refractivity (Wildman–Crippen MR) is 111 cm³/mol. The molecule has 1 fully saturated rings. The number of halogens is 1. The predicted octanol–water partition coefficient (Wildman–Crippen LogP) is 3.02. The van der Waals surface area contributed by atoms with E-state index in [0.717, 1.165) is 31.4 Å². The third-order valence-corrected chi connectivity index (χ3v) is 5.10. The lowest BCUT2D eigenvalue weighted by Gasteiger charge is -2.26. The first-order chi connectivity index (χ1) is 14.6. The van der Waals surface area contributed by atoms with Crippen molar-refractivity contribution < 1.29 is 14.0 Å². The van der Waals surface area contributed by atoms with Gasteiger partial charge in [0.2, 0.25) is 0 Å². The molecule has 1 saturated heterocycles. The van der Waals surface area contributed by atoms with Crippen molar-refractivity contribution in [3.05, 3.63) is 53.8 Å². The SMILES string of the molecule is O=C(NCCn1nnc2cc(C(=O)N3CCCCC3)ccc21)Nc1cccc(F)c1. The van der Waals surface area contributed by atoms with Crippen molar-refractivity contribution in [3.63, 3.8) is 0 Å². The standard InChI is InChI=1S/C21H23FN6O2/c22-16-5-4-6-17(14-16)24-21(30)23-9-12-28-19-8-7-15(13-18(19)25-26-28)20(29)27-10-2-1-3-11-27/h4-8,13-14H,1-3,9-12H2,(H2,23,24,30). The van der Waals surface area contributed by atoms with Gasteiger partial charge in [-0.1, -0.05) is 11.3 Å². The quantitative estimate of drug-likeness (QED) is 0.676. The fourth-order valence-electron chi connectivity index (χ4n) is 3.57. The van der Waals surface area contributed by atoms with Gasteiger partial charge >= 0.3 is 6.03 Å². The van der Waals surface area contributed by atoms with E-state index in [4.69, 9.17) is 0 Å². The Morgan fingerprint density at radius 2 is 1.90 bits per heavy atom. The van der Waals surface area contributed by atoms with Crippen molar-refractivity contribution >= 4 is 28.7 Å². The summed E-state index contributed by atoms with van der Waals surface area (Å²) in [7, 11) is 0. The maximum atomic E-state index is 13.2. The molecule has 0 spiro atoms. The van der Waals surface area contributed by atoms with Crippen molar-refractivity contribution in [1.82, 2.24) is 25.2 Å². The molecule has 1 aliphatic heterocycles. The summed E-state index contributed by atoms with van der Waals surface area (Å²) < 4.78 is 14.8. The number of hydrogen-bond donors (Lipinski definition) is 2. The summed E-state index contributed by atoms with van der Waals surface area (Å²) in [4.78, 5) is 26.5. The van der Waals surface area contributed by atoms with Gasteiger partial charge in [0.05, 0.1) is 12.1 Å². The van der Waals surface area contributed by atoms with Gasteiger partial charge in [-0.3, -0.25) is 4.79 Å². The number of amides is 3. The van der Waals surface area contributed by atoms with Gasteiger partial charge in [0.15, 0.2) is 0 Å². The van der Waals surface area contributed by atoms with Crippen LogP contribution in [-0.4, -0.2) is 51.5 Å². The molecule has 0 bridgehead atoms. The molecule has 2 aromatic carbocycles. The smallest absolute Gasteiger partial charge is 0.319 e. The molecular formula is C21H23FN6O2. The molecule has 0 unspecified atom stereocenters. The van der Waals surface area contributed by atoms with Crippen LogP contribution in [0.3, 0.4) is 0 Å². The zero-order valence-corrected chi connectivity index (χ0v) is 16.5. The summed E-state index contributed by atoms with van der Waals surface area (Å²) in [5, 5.41) is 13.6. The minimum atomic E-state index is -0.431. The van der Waals surface area contributed by atoms with Crippen LogP contribution in [-0.2, 0) is 6.54 Å². The summed E-state index contributed by atoms with van der Waals surface area (Å²) in [6.45, 7) is 2.32. The number of benzene rings is 2. The molecule has 1 aromatic heterocycles. The van der Waals surface area contributed by atoms with E-state index in [1.54, 1.807) is 22.9 Å².